The van der Waals surface area contributed by atoms with Gasteiger partial charge in [-0.1, -0.05) is 42.5 Å². The number of aromatic nitrogens is 1. The fourth-order valence-corrected chi connectivity index (χ4v) is 4.89. The highest BCUT2D eigenvalue weighted by Crippen LogP contribution is 2.45. The van der Waals surface area contributed by atoms with Crippen LogP contribution in [-0.4, -0.2) is 30.1 Å². The smallest absolute Gasteiger partial charge is 0.0529 e. The molecule has 122 valence electrons. The molecule has 2 heterocycles. The summed E-state index contributed by atoms with van der Waals surface area (Å²) in [6.45, 7) is 1.12. The van der Waals surface area contributed by atoms with Crippen molar-refractivity contribution in [3.05, 3.63) is 59.2 Å². The lowest BCUT2D eigenvalue weighted by atomic mass is 9.89. The maximum absolute atomic E-state index is 2.70. The SMILES string of the molecule is CN(C)CC1CCc2cccc3c4c(n1c23)-c1ccccc1CC4. The third-order valence-electron chi connectivity index (χ3n) is 5.82. The zero-order chi connectivity index (χ0) is 16.3. The number of rotatable bonds is 2. The van der Waals surface area contributed by atoms with Gasteiger partial charge in [-0.15, -0.1) is 0 Å². The molecule has 2 aliphatic rings. The fourth-order valence-electron chi connectivity index (χ4n) is 4.89. The van der Waals surface area contributed by atoms with Crippen molar-refractivity contribution in [3.8, 4) is 11.3 Å². The maximum atomic E-state index is 2.70. The first kappa shape index (κ1) is 14.3. The van der Waals surface area contributed by atoms with Gasteiger partial charge in [-0.2, -0.15) is 0 Å². The first-order valence-electron chi connectivity index (χ1n) is 9.11. The molecule has 3 aromatic rings. The molecule has 0 amide bonds. The zero-order valence-electron chi connectivity index (χ0n) is 14.5. The molecule has 24 heavy (non-hydrogen) atoms. The Morgan fingerprint density at radius 3 is 2.67 bits per heavy atom. The number of aryl methyl sites for hydroxylation is 3. The van der Waals surface area contributed by atoms with E-state index >= 15 is 0 Å². The minimum atomic E-state index is 0.576. The summed E-state index contributed by atoms with van der Waals surface area (Å²) in [4.78, 5) is 2.34. The summed E-state index contributed by atoms with van der Waals surface area (Å²) in [6.07, 6.45) is 4.80. The molecular formula is C22H24N2. The van der Waals surface area contributed by atoms with Gasteiger partial charge in [-0.25, -0.2) is 0 Å². The van der Waals surface area contributed by atoms with E-state index in [9.17, 15) is 0 Å². The summed E-state index contributed by atoms with van der Waals surface area (Å²) >= 11 is 0. The van der Waals surface area contributed by atoms with Gasteiger partial charge in [-0.3, -0.25) is 0 Å². The standard InChI is InChI=1S/C22H24N2/c1-23(2)14-17-12-10-16-7-5-9-19-20-13-11-15-6-3-4-8-18(15)22(20)24(17)21(16)19/h3-9,17H,10-14H2,1-2H3. The Balaban J connectivity index is 1.86. The molecule has 1 aromatic heterocycles. The quantitative estimate of drug-likeness (QED) is 0.678. The second kappa shape index (κ2) is 5.22. The molecule has 1 aliphatic carbocycles. The molecule has 0 fully saturated rings. The van der Waals surface area contributed by atoms with Crippen LogP contribution in [0, 0.1) is 0 Å². The van der Waals surface area contributed by atoms with Gasteiger partial charge in [0.1, 0.15) is 0 Å². The van der Waals surface area contributed by atoms with Crippen LogP contribution in [0.1, 0.15) is 29.2 Å². The predicted octanol–water partition coefficient (Wildman–Crippen LogP) is 4.46. The molecule has 1 aliphatic heterocycles. The van der Waals surface area contributed by atoms with Crippen molar-refractivity contribution in [2.75, 3.05) is 20.6 Å². The summed E-state index contributed by atoms with van der Waals surface area (Å²) in [7, 11) is 4.39. The maximum Gasteiger partial charge on any atom is 0.0529 e. The first-order valence-corrected chi connectivity index (χ1v) is 9.11. The Bertz CT molecular complexity index is 933. The van der Waals surface area contributed by atoms with Gasteiger partial charge in [0.25, 0.3) is 0 Å². The van der Waals surface area contributed by atoms with Crippen molar-refractivity contribution >= 4 is 10.9 Å². The lowest BCUT2D eigenvalue weighted by Gasteiger charge is -2.31. The molecule has 5 rings (SSSR count). The van der Waals surface area contributed by atoms with Gasteiger partial charge in [0, 0.05) is 23.5 Å². The minimum Gasteiger partial charge on any atom is -0.336 e. The fraction of sp³-hybridized carbons (Fsp3) is 0.364. The highest BCUT2D eigenvalue weighted by molar-refractivity contribution is 5.95. The van der Waals surface area contributed by atoms with E-state index in [4.69, 9.17) is 0 Å². The Morgan fingerprint density at radius 1 is 0.958 bits per heavy atom. The number of likely N-dealkylation sites (N-methyl/N-ethyl adjacent to an activating group) is 1. The summed E-state index contributed by atoms with van der Waals surface area (Å²) in [6, 6.07) is 16.5. The third-order valence-corrected chi connectivity index (χ3v) is 5.82. The first-order chi connectivity index (χ1) is 11.7. The van der Waals surface area contributed by atoms with Crippen molar-refractivity contribution in [3.63, 3.8) is 0 Å². The minimum absolute atomic E-state index is 0.576. The molecule has 0 radical (unpaired) electrons. The molecule has 1 unspecified atom stereocenters. The molecule has 0 saturated heterocycles. The highest BCUT2D eigenvalue weighted by Gasteiger charge is 2.31. The molecule has 1 atom stereocenters. The van der Waals surface area contributed by atoms with Crippen molar-refractivity contribution in [1.29, 1.82) is 0 Å². The van der Waals surface area contributed by atoms with Crippen LogP contribution in [0.5, 0.6) is 0 Å². The van der Waals surface area contributed by atoms with Crippen LogP contribution in [-0.2, 0) is 19.3 Å². The van der Waals surface area contributed by atoms with Crippen LogP contribution in [0.15, 0.2) is 42.5 Å². The van der Waals surface area contributed by atoms with E-state index in [1.165, 1.54) is 59.0 Å². The summed E-state index contributed by atoms with van der Waals surface area (Å²) in [5.74, 6) is 0. The van der Waals surface area contributed by atoms with E-state index in [0.717, 1.165) is 6.54 Å². The lowest BCUT2D eigenvalue weighted by molar-refractivity contribution is 0.311. The van der Waals surface area contributed by atoms with E-state index in [2.05, 4.69) is 66.0 Å². The third kappa shape index (κ3) is 1.93. The van der Waals surface area contributed by atoms with Crippen molar-refractivity contribution in [1.82, 2.24) is 9.47 Å². The number of para-hydroxylation sites is 1. The highest BCUT2D eigenvalue weighted by atomic mass is 15.1. The topological polar surface area (TPSA) is 8.17 Å². The summed E-state index contributed by atoms with van der Waals surface area (Å²) < 4.78 is 2.70. The van der Waals surface area contributed by atoms with Gasteiger partial charge >= 0.3 is 0 Å². The van der Waals surface area contributed by atoms with E-state index < -0.39 is 0 Å². The number of benzene rings is 2. The second-order valence-electron chi connectivity index (χ2n) is 7.62. The average molecular weight is 316 g/mol. The number of fused-ring (bicyclic) bond motifs is 5. The molecule has 2 aromatic carbocycles. The van der Waals surface area contributed by atoms with Gasteiger partial charge in [-0.05, 0) is 56.5 Å². The molecule has 2 nitrogen and oxygen atoms in total. The Hall–Kier alpha value is -2.06. The molecular weight excluding hydrogens is 292 g/mol. The monoisotopic (exact) mass is 316 g/mol. The zero-order valence-corrected chi connectivity index (χ0v) is 14.5. The summed E-state index contributed by atoms with van der Waals surface area (Å²) in [5.41, 5.74) is 9.11. The molecule has 0 saturated carbocycles. The van der Waals surface area contributed by atoms with Crippen LogP contribution in [0.4, 0.5) is 0 Å². The Kier molecular flexibility index (Phi) is 3.11. The van der Waals surface area contributed by atoms with Gasteiger partial charge in [0.05, 0.1) is 11.2 Å². The van der Waals surface area contributed by atoms with Crippen LogP contribution >= 0.6 is 0 Å². The van der Waals surface area contributed by atoms with Crippen molar-refractivity contribution in [2.45, 2.75) is 31.7 Å². The van der Waals surface area contributed by atoms with Crippen LogP contribution in [0.2, 0.25) is 0 Å². The Morgan fingerprint density at radius 2 is 1.79 bits per heavy atom. The van der Waals surface area contributed by atoms with Crippen LogP contribution < -0.4 is 0 Å². The molecule has 0 spiro atoms. The molecule has 0 N–H and O–H groups in total. The molecule has 0 bridgehead atoms. The van der Waals surface area contributed by atoms with Gasteiger partial charge in [0.15, 0.2) is 0 Å². The van der Waals surface area contributed by atoms with E-state index in [1.54, 1.807) is 5.56 Å². The average Bonchev–Trinajstić information content (AvgIpc) is 2.94. The summed E-state index contributed by atoms with van der Waals surface area (Å²) in [5, 5.41) is 1.50. The van der Waals surface area contributed by atoms with Crippen LogP contribution in [0.3, 0.4) is 0 Å². The number of hydrogen-bond donors (Lipinski definition) is 0. The normalized spacial score (nSPS) is 18.7. The van der Waals surface area contributed by atoms with Crippen LogP contribution in [0.25, 0.3) is 22.2 Å². The molecule has 2 heteroatoms. The van der Waals surface area contributed by atoms with Crippen molar-refractivity contribution < 1.29 is 0 Å². The number of nitrogens with zero attached hydrogens (tertiary/aromatic N) is 2. The lowest BCUT2D eigenvalue weighted by Crippen LogP contribution is -2.28. The second-order valence-corrected chi connectivity index (χ2v) is 7.62. The predicted molar refractivity (Wildman–Crippen MR) is 101 cm³/mol. The largest absolute Gasteiger partial charge is 0.336 e. The van der Waals surface area contributed by atoms with Gasteiger partial charge < -0.3 is 9.47 Å². The van der Waals surface area contributed by atoms with E-state index in [-0.39, 0.29) is 0 Å². The number of hydrogen-bond acceptors (Lipinski definition) is 1. The van der Waals surface area contributed by atoms with Crippen molar-refractivity contribution in [2.24, 2.45) is 0 Å². The van der Waals surface area contributed by atoms with E-state index in [1.807, 2.05) is 0 Å². The Labute approximate surface area is 143 Å². The van der Waals surface area contributed by atoms with E-state index in [0.29, 0.717) is 6.04 Å². The van der Waals surface area contributed by atoms with Gasteiger partial charge in [0.2, 0.25) is 0 Å².